The number of hydrogen-bond donors (Lipinski definition) is 0. The zero-order chi connectivity index (χ0) is 29.4. The number of alkyl halides is 1. The van der Waals surface area contributed by atoms with Gasteiger partial charge in [-0.1, -0.05) is 63.4 Å². The summed E-state index contributed by atoms with van der Waals surface area (Å²) in [6, 6.07) is 12.6. The van der Waals surface area contributed by atoms with Crippen LogP contribution >= 0.6 is 0 Å². The molecule has 4 rings (SSSR count). The van der Waals surface area contributed by atoms with Crippen molar-refractivity contribution in [3.8, 4) is 16.9 Å². The summed E-state index contributed by atoms with van der Waals surface area (Å²) in [5.41, 5.74) is 2.16. The second kappa shape index (κ2) is 14.8. The number of ether oxygens (including phenoxy) is 1. The fourth-order valence-electron chi connectivity index (χ4n) is 6.02. The molecule has 0 aliphatic heterocycles. The first-order valence-corrected chi connectivity index (χ1v) is 15.1. The topological polar surface area (TPSA) is 9.23 Å². The van der Waals surface area contributed by atoms with Gasteiger partial charge in [0.05, 0.1) is 0 Å². The normalized spacial score (nSPS) is 17.9. The molecule has 0 radical (unpaired) electrons. The Hall–Kier alpha value is -2.89. The molecule has 1 aliphatic carbocycles. The third-order valence-electron chi connectivity index (χ3n) is 8.35. The van der Waals surface area contributed by atoms with Gasteiger partial charge in [0.2, 0.25) is 0 Å². The Morgan fingerprint density at radius 3 is 2.24 bits per heavy atom. The lowest BCUT2D eigenvalue weighted by Gasteiger charge is -2.30. The molecule has 3 aromatic carbocycles. The third kappa shape index (κ3) is 8.11. The SMILES string of the molecule is CCCCCc1ccc(OCC(F)CC2CCC(c3ccc(-c4ccc(CCC)c(F)c4F)cc3F)CC2)c(F)c1. The molecule has 1 nitrogen and oxygen atoms in total. The molecular weight excluding hydrogens is 531 g/mol. The maximum absolute atomic E-state index is 15.1. The maximum atomic E-state index is 15.1. The molecule has 1 saturated carbocycles. The Bertz CT molecular complexity index is 1280. The standard InChI is InChI=1S/C35H41F5O/c1-3-5-6-8-23-11-18-33(32(38)20-23)41-22-28(36)19-24-9-12-25(13-10-24)29-16-15-27(21-31(29)37)30-17-14-26(7-4-2)34(39)35(30)40/h11,14-18,20-21,24-25,28H,3-10,12-13,19,22H2,1-2H3. The van der Waals surface area contributed by atoms with Gasteiger partial charge in [-0.25, -0.2) is 22.0 Å². The number of benzene rings is 3. The maximum Gasteiger partial charge on any atom is 0.166 e. The van der Waals surface area contributed by atoms with Crippen LogP contribution in [0.3, 0.4) is 0 Å². The van der Waals surface area contributed by atoms with Gasteiger partial charge in [0.25, 0.3) is 0 Å². The smallest absolute Gasteiger partial charge is 0.166 e. The Balaban J connectivity index is 1.27. The van der Waals surface area contributed by atoms with E-state index in [0.717, 1.165) is 56.9 Å². The number of aryl methyl sites for hydroxylation is 2. The van der Waals surface area contributed by atoms with Crippen LogP contribution in [0.15, 0.2) is 48.5 Å². The lowest BCUT2D eigenvalue weighted by molar-refractivity contribution is 0.149. The summed E-state index contributed by atoms with van der Waals surface area (Å²) in [5.74, 6) is -2.49. The second-order valence-corrected chi connectivity index (χ2v) is 11.5. The molecule has 0 saturated heterocycles. The average Bonchev–Trinajstić information content (AvgIpc) is 2.96. The first-order valence-electron chi connectivity index (χ1n) is 15.1. The summed E-state index contributed by atoms with van der Waals surface area (Å²) >= 11 is 0. The van der Waals surface area contributed by atoms with Crippen LogP contribution in [-0.2, 0) is 12.8 Å². The zero-order valence-electron chi connectivity index (χ0n) is 24.1. The van der Waals surface area contributed by atoms with Gasteiger partial charge in [-0.15, -0.1) is 0 Å². The van der Waals surface area contributed by atoms with Gasteiger partial charge in [-0.3, -0.25) is 0 Å². The Morgan fingerprint density at radius 2 is 1.56 bits per heavy atom. The molecule has 1 fully saturated rings. The van der Waals surface area contributed by atoms with E-state index < -0.39 is 29.4 Å². The van der Waals surface area contributed by atoms with Crippen molar-refractivity contribution in [2.75, 3.05) is 6.61 Å². The molecular formula is C35H41F5O. The van der Waals surface area contributed by atoms with Crippen LogP contribution in [0.2, 0.25) is 0 Å². The molecule has 0 N–H and O–H groups in total. The lowest BCUT2D eigenvalue weighted by Crippen LogP contribution is -2.21. The monoisotopic (exact) mass is 572 g/mol. The van der Waals surface area contributed by atoms with Gasteiger partial charge in [0, 0.05) is 5.56 Å². The van der Waals surface area contributed by atoms with Gasteiger partial charge in [0.1, 0.15) is 18.6 Å². The van der Waals surface area contributed by atoms with Crippen molar-refractivity contribution in [3.05, 3.63) is 88.5 Å². The van der Waals surface area contributed by atoms with Crippen molar-refractivity contribution in [1.29, 1.82) is 0 Å². The van der Waals surface area contributed by atoms with E-state index in [2.05, 4.69) is 6.92 Å². The fraction of sp³-hybridized carbons (Fsp3) is 0.486. The molecule has 1 unspecified atom stereocenters. The van der Waals surface area contributed by atoms with Crippen molar-refractivity contribution in [3.63, 3.8) is 0 Å². The van der Waals surface area contributed by atoms with Crippen LogP contribution < -0.4 is 4.74 Å². The van der Waals surface area contributed by atoms with Gasteiger partial charge < -0.3 is 4.74 Å². The van der Waals surface area contributed by atoms with Crippen LogP contribution in [0.4, 0.5) is 22.0 Å². The highest BCUT2D eigenvalue weighted by atomic mass is 19.2. The number of unbranched alkanes of at least 4 members (excludes halogenated alkanes) is 2. The number of hydrogen-bond acceptors (Lipinski definition) is 1. The highest BCUT2D eigenvalue weighted by molar-refractivity contribution is 5.65. The zero-order valence-corrected chi connectivity index (χ0v) is 24.1. The molecule has 0 heterocycles. The van der Waals surface area contributed by atoms with E-state index in [0.29, 0.717) is 36.0 Å². The second-order valence-electron chi connectivity index (χ2n) is 11.5. The quantitative estimate of drug-likeness (QED) is 0.146. The van der Waals surface area contributed by atoms with Crippen LogP contribution in [0.1, 0.15) is 94.2 Å². The van der Waals surface area contributed by atoms with E-state index in [9.17, 15) is 17.6 Å². The molecule has 0 amide bonds. The number of halogens is 5. The van der Waals surface area contributed by atoms with E-state index >= 15 is 4.39 Å². The largest absolute Gasteiger partial charge is 0.487 e. The van der Waals surface area contributed by atoms with Crippen LogP contribution in [0.25, 0.3) is 11.1 Å². The molecule has 0 aromatic heterocycles. The van der Waals surface area contributed by atoms with Gasteiger partial charge in [-0.2, -0.15) is 0 Å². The molecule has 1 atom stereocenters. The summed E-state index contributed by atoms with van der Waals surface area (Å²) in [6.45, 7) is 3.83. The van der Waals surface area contributed by atoms with E-state index in [-0.39, 0.29) is 29.8 Å². The Labute approximate surface area is 241 Å². The van der Waals surface area contributed by atoms with Gasteiger partial charge in [0.15, 0.2) is 23.2 Å². The molecule has 41 heavy (non-hydrogen) atoms. The van der Waals surface area contributed by atoms with Gasteiger partial charge >= 0.3 is 0 Å². The number of rotatable bonds is 13. The van der Waals surface area contributed by atoms with E-state index in [1.807, 2.05) is 13.0 Å². The first-order chi connectivity index (χ1) is 19.8. The third-order valence-corrected chi connectivity index (χ3v) is 8.35. The predicted octanol–water partition coefficient (Wildman–Crippen LogP) is 10.7. The van der Waals surface area contributed by atoms with Crippen molar-refractivity contribution >= 4 is 0 Å². The van der Waals surface area contributed by atoms with Crippen molar-refractivity contribution in [1.82, 2.24) is 0 Å². The van der Waals surface area contributed by atoms with Crippen molar-refractivity contribution < 1.29 is 26.7 Å². The average molecular weight is 573 g/mol. The molecule has 222 valence electrons. The minimum atomic E-state index is -1.21. The molecule has 1 aliphatic rings. The van der Waals surface area contributed by atoms with Crippen LogP contribution in [0.5, 0.6) is 5.75 Å². The van der Waals surface area contributed by atoms with Crippen LogP contribution in [0, 0.1) is 29.2 Å². The molecule has 0 bridgehead atoms. The van der Waals surface area contributed by atoms with E-state index in [4.69, 9.17) is 4.74 Å². The first kappa shape index (κ1) is 31.1. The van der Waals surface area contributed by atoms with Gasteiger partial charge in [-0.05, 0) is 104 Å². The minimum Gasteiger partial charge on any atom is -0.487 e. The molecule has 0 spiro atoms. The predicted molar refractivity (Wildman–Crippen MR) is 155 cm³/mol. The minimum absolute atomic E-state index is 0.00642. The van der Waals surface area contributed by atoms with E-state index in [1.54, 1.807) is 24.3 Å². The fourth-order valence-corrected chi connectivity index (χ4v) is 6.02. The molecule has 6 heteroatoms. The summed E-state index contributed by atoms with van der Waals surface area (Å²) in [5, 5.41) is 0. The highest BCUT2D eigenvalue weighted by Gasteiger charge is 2.27. The lowest BCUT2D eigenvalue weighted by atomic mass is 9.76. The molecule has 3 aromatic rings. The summed E-state index contributed by atoms with van der Waals surface area (Å²) < 4.78 is 78.8. The summed E-state index contributed by atoms with van der Waals surface area (Å²) in [6.07, 6.45) is 7.25. The summed E-state index contributed by atoms with van der Waals surface area (Å²) in [4.78, 5) is 0. The van der Waals surface area contributed by atoms with E-state index in [1.165, 1.54) is 18.2 Å². The van der Waals surface area contributed by atoms with Crippen molar-refractivity contribution in [2.24, 2.45) is 5.92 Å². The van der Waals surface area contributed by atoms with Crippen LogP contribution in [-0.4, -0.2) is 12.8 Å². The highest BCUT2D eigenvalue weighted by Crippen LogP contribution is 2.40. The summed E-state index contributed by atoms with van der Waals surface area (Å²) in [7, 11) is 0. The Morgan fingerprint density at radius 1 is 0.780 bits per heavy atom. The van der Waals surface area contributed by atoms with Crippen molar-refractivity contribution in [2.45, 2.75) is 96.6 Å². The Kier molecular flexibility index (Phi) is 11.2.